The molecule has 3 rings (SSSR count). The summed E-state index contributed by atoms with van der Waals surface area (Å²) in [5, 5.41) is 91.6. The van der Waals surface area contributed by atoms with Crippen LogP contribution in [-0.4, -0.2) is 171 Å². The number of aliphatic hydroxyl groups excluding tert-OH is 9. The molecule has 3 heterocycles. The van der Waals surface area contributed by atoms with Crippen molar-refractivity contribution in [3.05, 3.63) is 0 Å². The van der Waals surface area contributed by atoms with Crippen molar-refractivity contribution >= 4 is 5.97 Å². The summed E-state index contributed by atoms with van der Waals surface area (Å²) in [5.74, 6) is -0.234. The molecule has 44 heavy (non-hydrogen) atoms. The summed E-state index contributed by atoms with van der Waals surface area (Å²) in [6.45, 7) is -1.66. The van der Waals surface area contributed by atoms with E-state index >= 15 is 0 Å². The lowest BCUT2D eigenvalue weighted by Gasteiger charge is -2.44. The number of ether oxygens (including phenoxy) is 7. The topological polar surface area (TPSA) is 264 Å². The van der Waals surface area contributed by atoms with Crippen LogP contribution in [-0.2, 0) is 38.0 Å². The van der Waals surface area contributed by atoms with Gasteiger partial charge >= 0.3 is 5.97 Å². The maximum Gasteiger partial charge on any atom is 0.305 e. The first-order valence-electron chi connectivity index (χ1n) is 14.9. The van der Waals surface area contributed by atoms with Crippen molar-refractivity contribution in [2.75, 3.05) is 33.5 Å². The Kier molecular flexibility index (Phi) is 15.5. The Labute approximate surface area is 254 Å². The Morgan fingerprint density at radius 1 is 0.591 bits per heavy atom. The van der Waals surface area contributed by atoms with Gasteiger partial charge in [0, 0.05) is 13.0 Å². The fraction of sp³-hybridized carbons (Fsp3) is 0.963. The average Bonchev–Trinajstić information content (AvgIpc) is 3.29. The summed E-state index contributed by atoms with van der Waals surface area (Å²) in [4.78, 5) is 11.1. The van der Waals surface area contributed by atoms with Crippen molar-refractivity contribution in [1.82, 2.24) is 0 Å². The van der Waals surface area contributed by atoms with Crippen LogP contribution in [0.15, 0.2) is 0 Å². The normalized spacial score (nSPS) is 41.1. The second-order valence-corrected chi connectivity index (χ2v) is 11.2. The summed E-state index contributed by atoms with van der Waals surface area (Å²) >= 11 is 0. The number of methoxy groups -OCH3 is 1. The molecular formula is C27H48O17. The van der Waals surface area contributed by atoms with Gasteiger partial charge in [0.25, 0.3) is 0 Å². The van der Waals surface area contributed by atoms with Crippen LogP contribution in [0.2, 0.25) is 0 Å². The zero-order valence-electron chi connectivity index (χ0n) is 24.7. The molecule has 17 heteroatoms. The van der Waals surface area contributed by atoms with E-state index in [9.17, 15) is 50.8 Å². The first kappa shape index (κ1) is 37.3. The molecule has 17 nitrogen and oxygen atoms in total. The molecule has 14 atom stereocenters. The zero-order chi connectivity index (χ0) is 32.4. The van der Waals surface area contributed by atoms with Gasteiger partial charge in [-0.2, -0.15) is 0 Å². The van der Waals surface area contributed by atoms with E-state index in [4.69, 9.17) is 28.4 Å². The smallest absolute Gasteiger partial charge is 0.305 e. The fourth-order valence-corrected chi connectivity index (χ4v) is 5.23. The maximum absolute atomic E-state index is 11.1. The van der Waals surface area contributed by atoms with Crippen molar-refractivity contribution < 1.29 is 83.9 Å². The summed E-state index contributed by atoms with van der Waals surface area (Å²) in [5.41, 5.74) is 0. The highest BCUT2D eigenvalue weighted by Crippen LogP contribution is 2.31. The van der Waals surface area contributed by atoms with E-state index < -0.39 is 106 Å². The first-order chi connectivity index (χ1) is 21.0. The van der Waals surface area contributed by atoms with Gasteiger partial charge in [-0.25, -0.2) is 0 Å². The van der Waals surface area contributed by atoms with Gasteiger partial charge in [0.2, 0.25) is 0 Å². The van der Waals surface area contributed by atoms with Gasteiger partial charge in [0.1, 0.15) is 67.1 Å². The van der Waals surface area contributed by atoms with Crippen molar-refractivity contribution in [2.45, 2.75) is 131 Å². The molecule has 0 saturated carbocycles. The molecule has 9 N–H and O–H groups in total. The third kappa shape index (κ3) is 9.69. The quantitative estimate of drug-likeness (QED) is 0.0539. The van der Waals surface area contributed by atoms with Crippen LogP contribution in [0.4, 0.5) is 0 Å². The molecule has 258 valence electrons. The third-order valence-corrected chi connectivity index (χ3v) is 7.99. The zero-order valence-corrected chi connectivity index (χ0v) is 24.7. The SMILES string of the molecule is COC(=O)CCCCCCCCO[C@H]1O[C@H](CO[C@H]2O[C@H](CO)[C@@H](O)[C@H](O)[C@@H]2O[C@H]2O[C@H](CO)[C@@H](O)[C@@H]2O)[C@@H](O)[C@H](O)[C@@H]1O. The van der Waals surface area contributed by atoms with Gasteiger partial charge in [0.15, 0.2) is 18.9 Å². The molecule has 3 aliphatic rings. The number of carbonyl (C=O) groups excluding carboxylic acids is 1. The van der Waals surface area contributed by atoms with E-state index in [-0.39, 0.29) is 12.6 Å². The molecule has 0 radical (unpaired) electrons. The largest absolute Gasteiger partial charge is 0.469 e. The number of unbranched alkanes of at least 4 members (excludes halogenated alkanes) is 5. The Morgan fingerprint density at radius 2 is 1.11 bits per heavy atom. The lowest BCUT2D eigenvalue weighted by Crippen LogP contribution is -2.63. The minimum absolute atomic E-state index is 0.189. The standard InChI is InChI=1S/C27H48O17/c1-38-16(30)8-6-4-2-3-5-7-9-39-25-23(37)20(34)19(33)15(43-25)12-40-27-24(21(35)17(31)13(10-28)42-27)44-26-22(36)18(32)14(11-29)41-26/h13-15,17-29,31-37H,2-12H2,1H3/t13-,14-,15-,17-,18-,19-,20+,21+,22+,23+,24+,25+,26-,27+/m1/s1. The summed E-state index contributed by atoms with van der Waals surface area (Å²) in [7, 11) is 1.35. The van der Waals surface area contributed by atoms with E-state index in [1.807, 2.05) is 0 Å². The maximum atomic E-state index is 11.1. The molecule has 3 fully saturated rings. The lowest BCUT2D eigenvalue weighted by molar-refractivity contribution is -0.351. The van der Waals surface area contributed by atoms with Crippen LogP contribution < -0.4 is 0 Å². The molecule has 0 aromatic heterocycles. The van der Waals surface area contributed by atoms with Crippen LogP contribution in [0.1, 0.15) is 44.9 Å². The Hall–Kier alpha value is -1.13. The number of carbonyl (C=O) groups is 1. The Balaban J connectivity index is 1.52. The van der Waals surface area contributed by atoms with Gasteiger partial charge in [-0.3, -0.25) is 4.79 Å². The first-order valence-corrected chi connectivity index (χ1v) is 14.9. The molecule has 0 aromatic carbocycles. The molecule has 0 amide bonds. The van der Waals surface area contributed by atoms with E-state index in [1.54, 1.807) is 0 Å². The monoisotopic (exact) mass is 644 g/mol. The van der Waals surface area contributed by atoms with Crippen molar-refractivity contribution in [2.24, 2.45) is 0 Å². The second kappa shape index (κ2) is 18.3. The van der Waals surface area contributed by atoms with Gasteiger partial charge in [-0.1, -0.05) is 25.7 Å². The van der Waals surface area contributed by atoms with Gasteiger partial charge in [-0.05, 0) is 12.8 Å². The molecule has 3 aliphatic heterocycles. The molecule has 0 unspecified atom stereocenters. The fourth-order valence-electron chi connectivity index (χ4n) is 5.23. The Bertz CT molecular complexity index is 836. The summed E-state index contributed by atoms with van der Waals surface area (Å²) in [6, 6.07) is 0. The highest BCUT2D eigenvalue weighted by Gasteiger charge is 2.52. The predicted octanol–water partition coefficient (Wildman–Crippen LogP) is -4.01. The predicted molar refractivity (Wildman–Crippen MR) is 143 cm³/mol. The van der Waals surface area contributed by atoms with Crippen LogP contribution in [0.5, 0.6) is 0 Å². The van der Waals surface area contributed by atoms with Gasteiger partial charge in [0.05, 0.1) is 26.9 Å². The molecule has 0 spiro atoms. The average molecular weight is 645 g/mol. The van der Waals surface area contributed by atoms with Crippen LogP contribution in [0, 0.1) is 0 Å². The number of hydrogen-bond donors (Lipinski definition) is 9. The van der Waals surface area contributed by atoms with Gasteiger partial charge in [-0.15, -0.1) is 0 Å². The molecular weight excluding hydrogens is 596 g/mol. The van der Waals surface area contributed by atoms with Crippen LogP contribution in [0.25, 0.3) is 0 Å². The van der Waals surface area contributed by atoms with Crippen molar-refractivity contribution in [3.8, 4) is 0 Å². The number of hydrogen-bond acceptors (Lipinski definition) is 17. The van der Waals surface area contributed by atoms with Gasteiger partial charge < -0.3 is 79.1 Å². The van der Waals surface area contributed by atoms with E-state index in [0.29, 0.717) is 12.8 Å². The minimum atomic E-state index is -1.74. The molecule has 3 saturated heterocycles. The van der Waals surface area contributed by atoms with Crippen molar-refractivity contribution in [3.63, 3.8) is 0 Å². The van der Waals surface area contributed by atoms with Crippen LogP contribution >= 0.6 is 0 Å². The highest BCUT2D eigenvalue weighted by molar-refractivity contribution is 5.68. The number of esters is 1. The third-order valence-electron chi connectivity index (χ3n) is 7.99. The summed E-state index contributed by atoms with van der Waals surface area (Å²) < 4.78 is 38.0. The number of aliphatic hydroxyl groups is 9. The molecule has 0 bridgehead atoms. The van der Waals surface area contributed by atoms with Crippen LogP contribution in [0.3, 0.4) is 0 Å². The Morgan fingerprint density at radius 3 is 1.75 bits per heavy atom. The second-order valence-electron chi connectivity index (χ2n) is 11.2. The van der Waals surface area contributed by atoms with E-state index in [0.717, 1.165) is 32.1 Å². The summed E-state index contributed by atoms with van der Waals surface area (Å²) in [6.07, 6.45) is -15.8. The lowest BCUT2D eigenvalue weighted by atomic mass is 9.98. The minimum Gasteiger partial charge on any atom is -0.469 e. The van der Waals surface area contributed by atoms with E-state index in [2.05, 4.69) is 4.74 Å². The molecule has 0 aliphatic carbocycles. The number of rotatable bonds is 17. The van der Waals surface area contributed by atoms with Crippen molar-refractivity contribution in [1.29, 1.82) is 0 Å². The van der Waals surface area contributed by atoms with E-state index in [1.165, 1.54) is 7.11 Å². The molecule has 0 aromatic rings. The highest BCUT2D eigenvalue weighted by atomic mass is 16.8.